The number of benzene rings is 2. The minimum Gasteiger partial charge on any atom is -0.490 e. The van der Waals surface area contributed by atoms with E-state index in [4.69, 9.17) is 18.9 Å². The molecule has 1 unspecified atom stereocenters. The Morgan fingerprint density at radius 1 is 1.20 bits per heavy atom. The van der Waals surface area contributed by atoms with E-state index in [-0.39, 0.29) is 18.8 Å². The van der Waals surface area contributed by atoms with Gasteiger partial charge >= 0.3 is 0 Å². The maximum atomic E-state index is 12.5. The van der Waals surface area contributed by atoms with Crippen molar-refractivity contribution in [2.75, 3.05) is 25.3 Å². The maximum Gasteiger partial charge on any atom is 0.256 e. The number of amides is 1. The van der Waals surface area contributed by atoms with Crippen molar-refractivity contribution >= 4 is 23.2 Å². The van der Waals surface area contributed by atoms with Gasteiger partial charge in [0, 0.05) is 0 Å². The van der Waals surface area contributed by atoms with Crippen LogP contribution in [0.5, 0.6) is 17.2 Å². The van der Waals surface area contributed by atoms with Crippen LogP contribution >= 0.6 is 0 Å². The van der Waals surface area contributed by atoms with Crippen molar-refractivity contribution in [1.29, 1.82) is 0 Å². The van der Waals surface area contributed by atoms with E-state index in [1.165, 1.54) is 0 Å². The molecule has 6 nitrogen and oxygen atoms in total. The molecule has 0 saturated carbocycles. The SMILES string of the molecule is O=C1Nc2cccc(OCC3CO3)c2/C1=C\c1ccc2c(c1)OCO2. The van der Waals surface area contributed by atoms with Gasteiger partial charge in [-0.3, -0.25) is 4.79 Å². The van der Waals surface area contributed by atoms with E-state index < -0.39 is 0 Å². The Morgan fingerprint density at radius 3 is 2.96 bits per heavy atom. The zero-order valence-corrected chi connectivity index (χ0v) is 13.3. The van der Waals surface area contributed by atoms with Crippen LogP contribution in [0.2, 0.25) is 0 Å². The molecule has 0 bridgehead atoms. The van der Waals surface area contributed by atoms with Gasteiger partial charge in [0.05, 0.1) is 23.4 Å². The minimum atomic E-state index is -0.147. The molecule has 0 aromatic heterocycles. The first-order valence-electron chi connectivity index (χ1n) is 8.08. The average Bonchev–Trinajstić information content (AvgIpc) is 3.24. The third kappa shape index (κ3) is 2.60. The van der Waals surface area contributed by atoms with Crippen LogP contribution in [0.4, 0.5) is 5.69 Å². The van der Waals surface area contributed by atoms with Crippen LogP contribution in [0.15, 0.2) is 36.4 Å². The molecule has 5 rings (SSSR count). The fourth-order valence-electron chi connectivity index (χ4n) is 2.99. The zero-order chi connectivity index (χ0) is 16.8. The first-order chi connectivity index (χ1) is 12.3. The van der Waals surface area contributed by atoms with E-state index in [2.05, 4.69) is 5.32 Å². The van der Waals surface area contributed by atoms with Crippen molar-refractivity contribution in [3.63, 3.8) is 0 Å². The van der Waals surface area contributed by atoms with Crippen molar-refractivity contribution in [2.45, 2.75) is 6.10 Å². The Hall–Kier alpha value is -2.99. The molecule has 6 heteroatoms. The number of fused-ring (bicyclic) bond motifs is 2. The van der Waals surface area contributed by atoms with Gasteiger partial charge in [0.2, 0.25) is 6.79 Å². The summed E-state index contributed by atoms with van der Waals surface area (Å²) in [5.41, 5.74) is 2.97. The van der Waals surface area contributed by atoms with E-state index in [0.717, 1.165) is 23.4 Å². The highest BCUT2D eigenvalue weighted by Gasteiger charge is 2.29. The number of epoxide rings is 1. The van der Waals surface area contributed by atoms with Crippen LogP contribution in [0, 0.1) is 0 Å². The topological polar surface area (TPSA) is 69.3 Å². The molecule has 3 heterocycles. The predicted octanol–water partition coefficient (Wildman–Crippen LogP) is 2.69. The summed E-state index contributed by atoms with van der Waals surface area (Å²) < 4.78 is 21.8. The molecule has 2 aromatic rings. The van der Waals surface area contributed by atoms with Crippen molar-refractivity contribution in [1.82, 2.24) is 0 Å². The number of hydrogen-bond donors (Lipinski definition) is 1. The summed E-state index contributed by atoms with van der Waals surface area (Å²) in [6.07, 6.45) is 1.99. The van der Waals surface area contributed by atoms with Gasteiger partial charge in [-0.05, 0) is 35.9 Å². The number of hydrogen-bond acceptors (Lipinski definition) is 5. The molecule has 1 atom stereocenters. The number of ether oxygens (including phenoxy) is 4. The molecule has 0 aliphatic carbocycles. The summed E-state index contributed by atoms with van der Waals surface area (Å²) in [5, 5.41) is 2.89. The number of anilines is 1. The monoisotopic (exact) mass is 337 g/mol. The molecule has 1 saturated heterocycles. The zero-order valence-electron chi connectivity index (χ0n) is 13.3. The number of carbonyl (C=O) groups is 1. The fraction of sp³-hybridized carbons (Fsp3) is 0.211. The first kappa shape index (κ1) is 14.4. The maximum absolute atomic E-state index is 12.5. The van der Waals surface area contributed by atoms with Crippen LogP contribution in [0.3, 0.4) is 0 Å². The van der Waals surface area contributed by atoms with Crippen molar-refractivity contribution in [3.05, 3.63) is 47.5 Å². The van der Waals surface area contributed by atoms with Gasteiger partial charge in [0.25, 0.3) is 5.91 Å². The van der Waals surface area contributed by atoms with Crippen LogP contribution in [0.25, 0.3) is 11.6 Å². The smallest absolute Gasteiger partial charge is 0.256 e. The summed E-state index contributed by atoms with van der Waals surface area (Å²) in [6.45, 7) is 1.44. The number of carbonyl (C=O) groups excluding carboxylic acids is 1. The summed E-state index contributed by atoms with van der Waals surface area (Å²) in [4.78, 5) is 12.5. The number of nitrogens with one attached hydrogen (secondary N) is 1. The van der Waals surface area contributed by atoms with Crippen molar-refractivity contribution in [2.24, 2.45) is 0 Å². The predicted molar refractivity (Wildman–Crippen MR) is 90.7 cm³/mol. The third-order valence-corrected chi connectivity index (χ3v) is 4.32. The Balaban J connectivity index is 1.53. The fourth-order valence-corrected chi connectivity index (χ4v) is 2.99. The highest BCUT2D eigenvalue weighted by Crippen LogP contribution is 2.41. The second kappa shape index (κ2) is 5.53. The van der Waals surface area contributed by atoms with Gasteiger partial charge < -0.3 is 24.3 Å². The van der Waals surface area contributed by atoms with E-state index in [1.807, 2.05) is 42.5 Å². The second-order valence-corrected chi connectivity index (χ2v) is 6.07. The van der Waals surface area contributed by atoms with Crippen molar-refractivity contribution < 1.29 is 23.7 Å². The lowest BCUT2D eigenvalue weighted by Gasteiger charge is -2.09. The summed E-state index contributed by atoms with van der Waals surface area (Å²) >= 11 is 0. The standard InChI is InChI=1S/C19H15NO5/c21-19-13(6-11-4-5-15-17(7-11)25-10-24-15)18-14(20-19)2-1-3-16(18)23-9-12-8-22-12/h1-7,12H,8-10H2,(H,20,21)/b13-6+. The quantitative estimate of drug-likeness (QED) is 0.686. The molecule has 2 aromatic carbocycles. The molecule has 1 fully saturated rings. The molecular formula is C19H15NO5. The van der Waals surface area contributed by atoms with E-state index >= 15 is 0 Å². The Bertz CT molecular complexity index is 901. The molecule has 126 valence electrons. The van der Waals surface area contributed by atoms with Crippen molar-refractivity contribution in [3.8, 4) is 17.2 Å². The Labute approximate surface area is 144 Å². The Morgan fingerprint density at radius 2 is 2.08 bits per heavy atom. The van der Waals surface area contributed by atoms with Crippen LogP contribution in [-0.2, 0) is 9.53 Å². The average molecular weight is 337 g/mol. The first-order valence-corrected chi connectivity index (χ1v) is 8.08. The van der Waals surface area contributed by atoms with Gasteiger partial charge in [-0.25, -0.2) is 0 Å². The highest BCUT2D eigenvalue weighted by molar-refractivity contribution is 6.35. The normalized spacial score (nSPS) is 21.2. The molecular weight excluding hydrogens is 322 g/mol. The minimum absolute atomic E-state index is 0.147. The second-order valence-electron chi connectivity index (χ2n) is 6.07. The Kier molecular flexibility index (Phi) is 3.18. The largest absolute Gasteiger partial charge is 0.490 e. The molecule has 0 radical (unpaired) electrons. The molecule has 3 aliphatic rings. The molecule has 3 aliphatic heterocycles. The summed E-state index contributed by atoms with van der Waals surface area (Å²) in [6, 6.07) is 11.2. The van der Waals surface area contributed by atoms with Gasteiger partial charge in [0.15, 0.2) is 11.5 Å². The van der Waals surface area contributed by atoms with Gasteiger partial charge in [0.1, 0.15) is 18.5 Å². The summed E-state index contributed by atoms with van der Waals surface area (Å²) in [5.74, 6) is 1.93. The summed E-state index contributed by atoms with van der Waals surface area (Å²) in [7, 11) is 0. The number of rotatable bonds is 4. The van der Waals surface area contributed by atoms with Gasteiger partial charge in [-0.1, -0.05) is 12.1 Å². The van der Waals surface area contributed by atoms with Crippen LogP contribution in [0.1, 0.15) is 11.1 Å². The highest BCUT2D eigenvalue weighted by atomic mass is 16.7. The van der Waals surface area contributed by atoms with E-state index in [9.17, 15) is 4.79 Å². The molecule has 25 heavy (non-hydrogen) atoms. The lowest BCUT2D eigenvalue weighted by molar-refractivity contribution is -0.110. The van der Waals surface area contributed by atoms with E-state index in [0.29, 0.717) is 29.4 Å². The molecule has 1 amide bonds. The lowest BCUT2D eigenvalue weighted by atomic mass is 10.0. The van der Waals surface area contributed by atoms with Gasteiger partial charge in [-0.15, -0.1) is 0 Å². The van der Waals surface area contributed by atoms with Crippen LogP contribution in [-0.4, -0.2) is 32.0 Å². The molecule has 0 spiro atoms. The van der Waals surface area contributed by atoms with E-state index in [1.54, 1.807) is 0 Å². The van der Waals surface area contributed by atoms with Gasteiger partial charge in [-0.2, -0.15) is 0 Å². The molecule has 1 N–H and O–H groups in total. The van der Waals surface area contributed by atoms with Crippen LogP contribution < -0.4 is 19.5 Å². The lowest BCUT2D eigenvalue weighted by Crippen LogP contribution is -2.05. The third-order valence-electron chi connectivity index (χ3n) is 4.32.